The van der Waals surface area contributed by atoms with Crippen molar-refractivity contribution in [1.29, 1.82) is 0 Å². The molecule has 0 radical (unpaired) electrons. The Hall–Kier alpha value is -1.26. The van der Waals surface area contributed by atoms with Gasteiger partial charge in [-0.2, -0.15) is 0 Å². The van der Waals surface area contributed by atoms with Crippen LogP contribution in [0.5, 0.6) is 5.75 Å². The molecule has 2 heterocycles. The first-order valence-corrected chi connectivity index (χ1v) is 7.27. The van der Waals surface area contributed by atoms with Crippen LogP contribution >= 0.6 is 12.4 Å². The highest BCUT2D eigenvalue weighted by Crippen LogP contribution is 2.49. The number of amides is 1. The van der Waals surface area contributed by atoms with Crippen molar-refractivity contribution in [3.8, 4) is 5.75 Å². The number of likely N-dealkylation sites (N-methyl/N-ethyl adjacent to an activating group) is 1. The van der Waals surface area contributed by atoms with Crippen LogP contribution < -0.4 is 10.1 Å². The van der Waals surface area contributed by atoms with Crippen LogP contribution in [0, 0.1) is 5.41 Å². The van der Waals surface area contributed by atoms with Crippen LogP contribution in [0.1, 0.15) is 24.3 Å². The third-order valence-corrected chi connectivity index (χ3v) is 4.91. The first-order chi connectivity index (χ1) is 9.67. The second kappa shape index (κ2) is 6.24. The molecular formula is C16H23ClN2O2. The van der Waals surface area contributed by atoms with Gasteiger partial charge in [-0.15, -0.1) is 12.4 Å². The zero-order valence-electron chi connectivity index (χ0n) is 12.6. The summed E-state index contributed by atoms with van der Waals surface area (Å²) in [5.74, 6) is 1.48. The fourth-order valence-corrected chi connectivity index (χ4v) is 3.76. The van der Waals surface area contributed by atoms with E-state index in [0.29, 0.717) is 11.8 Å². The molecule has 3 rings (SSSR count). The Morgan fingerprint density at radius 2 is 1.86 bits per heavy atom. The van der Waals surface area contributed by atoms with E-state index in [-0.39, 0.29) is 17.8 Å². The summed E-state index contributed by atoms with van der Waals surface area (Å²) in [6, 6.07) is 8.21. The Kier molecular flexibility index (Phi) is 4.79. The molecule has 5 heteroatoms. The summed E-state index contributed by atoms with van der Waals surface area (Å²) >= 11 is 0. The number of hydrogen-bond acceptors (Lipinski definition) is 3. The molecule has 2 aliphatic heterocycles. The average Bonchev–Trinajstić information content (AvgIpc) is 2.74. The lowest BCUT2D eigenvalue weighted by Crippen LogP contribution is -2.44. The number of piperidine rings is 1. The predicted octanol–water partition coefficient (Wildman–Crippen LogP) is 2.04. The van der Waals surface area contributed by atoms with Gasteiger partial charge in [-0.25, -0.2) is 0 Å². The minimum Gasteiger partial charge on any atom is -0.497 e. The van der Waals surface area contributed by atoms with E-state index in [0.717, 1.165) is 38.2 Å². The molecule has 0 aromatic heterocycles. The van der Waals surface area contributed by atoms with Gasteiger partial charge in [-0.1, -0.05) is 12.1 Å². The molecule has 2 aliphatic rings. The number of ether oxygens (including phenoxy) is 1. The van der Waals surface area contributed by atoms with Gasteiger partial charge in [0.05, 0.1) is 12.5 Å². The van der Waals surface area contributed by atoms with Crippen molar-refractivity contribution in [3.05, 3.63) is 29.8 Å². The number of nitrogens with one attached hydrogen (secondary N) is 1. The molecule has 1 unspecified atom stereocenters. The number of carbonyl (C=O) groups is 1. The van der Waals surface area contributed by atoms with E-state index in [1.807, 2.05) is 24.1 Å². The minimum atomic E-state index is -0.200. The van der Waals surface area contributed by atoms with Crippen LogP contribution in [0.3, 0.4) is 0 Å². The maximum absolute atomic E-state index is 12.7. The van der Waals surface area contributed by atoms with E-state index < -0.39 is 0 Å². The molecule has 0 bridgehead atoms. The summed E-state index contributed by atoms with van der Waals surface area (Å²) in [7, 11) is 3.60. The second-order valence-corrected chi connectivity index (χ2v) is 5.92. The van der Waals surface area contributed by atoms with Crippen molar-refractivity contribution in [2.24, 2.45) is 5.41 Å². The molecule has 4 nitrogen and oxygen atoms in total. The molecule has 1 atom stereocenters. The normalized spacial score (nSPS) is 24.0. The molecule has 21 heavy (non-hydrogen) atoms. The number of nitrogens with zero attached hydrogens (tertiary/aromatic N) is 1. The summed E-state index contributed by atoms with van der Waals surface area (Å²) in [6.45, 7) is 2.70. The second-order valence-electron chi connectivity index (χ2n) is 5.92. The van der Waals surface area contributed by atoms with Crippen LogP contribution in [0.15, 0.2) is 24.3 Å². The Morgan fingerprint density at radius 3 is 2.43 bits per heavy atom. The molecule has 1 amide bonds. The van der Waals surface area contributed by atoms with Crippen molar-refractivity contribution >= 4 is 18.3 Å². The fraction of sp³-hybridized carbons (Fsp3) is 0.562. The Bertz CT molecular complexity index is 498. The zero-order chi connectivity index (χ0) is 14.2. The molecule has 1 spiro atoms. The first kappa shape index (κ1) is 16.1. The number of likely N-dealkylation sites (tertiary alicyclic amines) is 1. The maximum Gasteiger partial charge on any atom is 0.229 e. The van der Waals surface area contributed by atoms with E-state index in [2.05, 4.69) is 17.4 Å². The number of rotatable bonds is 2. The van der Waals surface area contributed by atoms with Gasteiger partial charge in [-0.3, -0.25) is 4.79 Å². The smallest absolute Gasteiger partial charge is 0.229 e. The zero-order valence-corrected chi connectivity index (χ0v) is 13.4. The monoisotopic (exact) mass is 310 g/mol. The molecule has 0 saturated carbocycles. The molecule has 116 valence electrons. The van der Waals surface area contributed by atoms with Crippen LogP contribution in [0.25, 0.3) is 0 Å². The lowest BCUT2D eigenvalue weighted by Gasteiger charge is -2.36. The SMILES string of the molecule is COc1ccc(C2CN(C)C(=O)C23CCNCC3)cc1.Cl. The highest BCUT2D eigenvalue weighted by atomic mass is 35.5. The van der Waals surface area contributed by atoms with Crippen LogP contribution in [-0.2, 0) is 4.79 Å². The van der Waals surface area contributed by atoms with Gasteiger partial charge >= 0.3 is 0 Å². The van der Waals surface area contributed by atoms with Crippen molar-refractivity contribution in [3.63, 3.8) is 0 Å². The van der Waals surface area contributed by atoms with Crippen molar-refractivity contribution in [1.82, 2.24) is 10.2 Å². The van der Waals surface area contributed by atoms with Gasteiger partial charge in [0.2, 0.25) is 5.91 Å². The lowest BCUT2D eigenvalue weighted by molar-refractivity contribution is -0.136. The number of methoxy groups -OCH3 is 1. The van der Waals surface area contributed by atoms with Crippen molar-refractivity contribution in [2.45, 2.75) is 18.8 Å². The molecule has 2 fully saturated rings. The van der Waals surface area contributed by atoms with Gasteiger partial charge in [0, 0.05) is 19.5 Å². The third kappa shape index (κ3) is 2.62. The first-order valence-electron chi connectivity index (χ1n) is 7.27. The number of benzene rings is 1. The molecule has 1 aromatic rings. The number of carbonyl (C=O) groups excluding carboxylic acids is 1. The van der Waals surface area contributed by atoms with Gasteiger partial charge in [0.25, 0.3) is 0 Å². The van der Waals surface area contributed by atoms with Gasteiger partial charge in [0.1, 0.15) is 5.75 Å². The van der Waals surface area contributed by atoms with Gasteiger partial charge in [0.15, 0.2) is 0 Å². The molecule has 1 aromatic carbocycles. The largest absolute Gasteiger partial charge is 0.497 e. The fourth-order valence-electron chi connectivity index (χ4n) is 3.76. The van der Waals surface area contributed by atoms with E-state index in [1.54, 1.807) is 7.11 Å². The third-order valence-electron chi connectivity index (χ3n) is 4.91. The Labute approximate surface area is 132 Å². The van der Waals surface area contributed by atoms with Gasteiger partial charge in [-0.05, 0) is 43.6 Å². The standard InChI is InChI=1S/C16H22N2O2.ClH/c1-18-11-14(12-3-5-13(20-2)6-4-12)16(15(18)19)7-9-17-10-8-16;/h3-6,14,17H,7-11H2,1-2H3;1H. The van der Waals surface area contributed by atoms with Gasteiger partial charge < -0.3 is 15.0 Å². The summed E-state index contributed by atoms with van der Waals surface area (Å²) in [5.41, 5.74) is 1.06. The van der Waals surface area contributed by atoms with E-state index in [1.165, 1.54) is 5.56 Å². The van der Waals surface area contributed by atoms with E-state index in [4.69, 9.17) is 4.74 Å². The minimum absolute atomic E-state index is 0. The molecule has 2 saturated heterocycles. The van der Waals surface area contributed by atoms with Crippen molar-refractivity contribution < 1.29 is 9.53 Å². The van der Waals surface area contributed by atoms with Crippen LogP contribution in [0.4, 0.5) is 0 Å². The maximum atomic E-state index is 12.7. The number of hydrogen-bond donors (Lipinski definition) is 1. The van der Waals surface area contributed by atoms with E-state index >= 15 is 0 Å². The Morgan fingerprint density at radius 1 is 1.24 bits per heavy atom. The highest BCUT2D eigenvalue weighted by molar-refractivity contribution is 5.86. The summed E-state index contributed by atoms with van der Waals surface area (Å²) in [4.78, 5) is 14.6. The quantitative estimate of drug-likeness (QED) is 0.909. The topological polar surface area (TPSA) is 41.6 Å². The summed E-state index contributed by atoms with van der Waals surface area (Å²) < 4.78 is 5.22. The highest BCUT2D eigenvalue weighted by Gasteiger charge is 2.53. The molecule has 0 aliphatic carbocycles. The lowest BCUT2D eigenvalue weighted by atomic mass is 9.68. The summed E-state index contributed by atoms with van der Waals surface area (Å²) in [6.07, 6.45) is 1.87. The number of halogens is 1. The van der Waals surface area contributed by atoms with Crippen LogP contribution in [0.2, 0.25) is 0 Å². The molecule has 1 N–H and O–H groups in total. The average molecular weight is 311 g/mol. The van der Waals surface area contributed by atoms with E-state index in [9.17, 15) is 4.79 Å². The predicted molar refractivity (Wildman–Crippen MR) is 85.2 cm³/mol. The van der Waals surface area contributed by atoms with Crippen molar-refractivity contribution in [2.75, 3.05) is 33.8 Å². The molecular weight excluding hydrogens is 288 g/mol. The Balaban J connectivity index is 0.00000161. The summed E-state index contributed by atoms with van der Waals surface area (Å²) in [5, 5.41) is 3.37. The van der Waals surface area contributed by atoms with Crippen LogP contribution in [-0.4, -0.2) is 44.6 Å².